The van der Waals surface area contributed by atoms with Gasteiger partial charge in [-0.1, -0.05) is 12.1 Å². The summed E-state index contributed by atoms with van der Waals surface area (Å²) < 4.78 is 5.28. The summed E-state index contributed by atoms with van der Waals surface area (Å²) in [5.41, 5.74) is 1.00. The maximum atomic E-state index is 13.0. The molecule has 2 amide bonds. The third kappa shape index (κ3) is 5.15. The SMILES string of the molecule is COc1cccc(CC(=O)N2CC3CN[C@H](CCCC(=O)N4CCCC4)C(C3)C2)c1. The summed E-state index contributed by atoms with van der Waals surface area (Å²) in [5, 5.41) is 3.71. The van der Waals surface area contributed by atoms with Crippen LogP contribution in [0.3, 0.4) is 0 Å². The van der Waals surface area contributed by atoms with Gasteiger partial charge in [-0.05, 0) is 68.2 Å². The molecule has 0 saturated carbocycles. The van der Waals surface area contributed by atoms with Crippen molar-refractivity contribution in [2.45, 2.75) is 51.0 Å². The number of piperidine rings is 2. The fourth-order valence-corrected chi connectivity index (χ4v) is 5.38. The van der Waals surface area contributed by atoms with Crippen LogP contribution in [0.4, 0.5) is 0 Å². The molecular formula is C24H35N3O3. The van der Waals surface area contributed by atoms with Crippen LogP contribution in [0, 0.1) is 11.8 Å². The van der Waals surface area contributed by atoms with Crippen molar-refractivity contribution < 1.29 is 14.3 Å². The largest absolute Gasteiger partial charge is 0.497 e. The Labute approximate surface area is 179 Å². The third-order valence-electron chi connectivity index (χ3n) is 7.01. The Kier molecular flexibility index (Phi) is 6.93. The molecule has 164 valence electrons. The van der Waals surface area contributed by atoms with E-state index in [1.807, 2.05) is 29.2 Å². The van der Waals surface area contributed by atoms with Crippen LogP contribution in [0.5, 0.6) is 5.75 Å². The maximum Gasteiger partial charge on any atom is 0.227 e. The lowest BCUT2D eigenvalue weighted by Crippen LogP contribution is -2.57. The molecule has 0 spiro atoms. The lowest BCUT2D eigenvalue weighted by Gasteiger charge is -2.46. The van der Waals surface area contributed by atoms with Crippen molar-refractivity contribution in [1.29, 1.82) is 0 Å². The summed E-state index contributed by atoms with van der Waals surface area (Å²) in [6, 6.07) is 8.21. The van der Waals surface area contributed by atoms with E-state index in [0.29, 0.717) is 36.6 Å². The lowest BCUT2D eigenvalue weighted by atomic mass is 9.79. The number of hydrogen-bond donors (Lipinski definition) is 1. The van der Waals surface area contributed by atoms with E-state index in [9.17, 15) is 9.59 Å². The minimum absolute atomic E-state index is 0.211. The summed E-state index contributed by atoms with van der Waals surface area (Å²) >= 11 is 0. The molecule has 2 unspecified atom stereocenters. The summed E-state index contributed by atoms with van der Waals surface area (Å²) in [4.78, 5) is 29.4. The van der Waals surface area contributed by atoms with Crippen LogP contribution in [-0.4, -0.2) is 67.5 Å². The van der Waals surface area contributed by atoms with Gasteiger partial charge in [-0.15, -0.1) is 0 Å². The predicted molar refractivity (Wildman–Crippen MR) is 116 cm³/mol. The van der Waals surface area contributed by atoms with Gasteiger partial charge >= 0.3 is 0 Å². The Morgan fingerprint density at radius 3 is 2.77 bits per heavy atom. The zero-order valence-corrected chi connectivity index (χ0v) is 18.1. The molecule has 6 nitrogen and oxygen atoms in total. The summed E-state index contributed by atoms with van der Waals surface area (Å²) in [6.07, 6.45) is 6.55. The van der Waals surface area contributed by atoms with Crippen molar-refractivity contribution in [2.75, 3.05) is 39.8 Å². The van der Waals surface area contributed by atoms with Gasteiger partial charge in [-0.25, -0.2) is 0 Å². The molecule has 4 rings (SSSR count). The summed E-state index contributed by atoms with van der Waals surface area (Å²) in [5.74, 6) is 2.36. The maximum absolute atomic E-state index is 13.0. The standard InChI is InChI=1S/C24H35N3O3/c1-30-21-7-4-6-18(13-21)14-24(29)27-16-19-12-20(17-27)22(25-15-19)8-5-9-23(28)26-10-2-3-11-26/h4,6-7,13,19-20,22,25H,2-3,5,8-12,14-17H2,1H3/t19?,20?,22-/m1/s1. The van der Waals surface area contributed by atoms with Crippen molar-refractivity contribution in [3.8, 4) is 5.75 Å². The monoisotopic (exact) mass is 413 g/mol. The van der Waals surface area contributed by atoms with E-state index >= 15 is 0 Å². The number of amides is 2. The summed E-state index contributed by atoms with van der Waals surface area (Å²) in [6.45, 7) is 4.54. The van der Waals surface area contributed by atoms with Gasteiger partial charge in [0.2, 0.25) is 11.8 Å². The number of rotatable bonds is 7. The Morgan fingerprint density at radius 2 is 1.97 bits per heavy atom. The van der Waals surface area contributed by atoms with Gasteiger partial charge in [0.1, 0.15) is 5.75 Å². The number of benzene rings is 1. The Morgan fingerprint density at radius 1 is 1.13 bits per heavy atom. The molecular weight excluding hydrogens is 378 g/mol. The molecule has 0 radical (unpaired) electrons. The van der Waals surface area contributed by atoms with Crippen LogP contribution in [0.25, 0.3) is 0 Å². The molecule has 0 aromatic heterocycles. The molecule has 3 atom stereocenters. The molecule has 2 bridgehead atoms. The number of fused-ring (bicyclic) bond motifs is 2. The predicted octanol–water partition coefficient (Wildman–Crippen LogP) is 2.47. The van der Waals surface area contributed by atoms with Gasteiger partial charge in [0.25, 0.3) is 0 Å². The molecule has 0 aliphatic carbocycles. The first-order valence-electron chi connectivity index (χ1n) is 11.5. The lowest BCUT2D eigenvalue weighted by molar-refractivity contribution is -0.134. The van der Waals surface area contributed by atoms with Gasteiger partial charge in [-0.2, -0.15) is 0 Å². The molecule has 30 heavy (non-hydrogen) atoms. The molecule has 3 fully saturated rings. The second-order valence-electron chi connectivity index (χ2n) is 9.18. The number of carbonyl (C=O) groups excluding carboxylic acids is 2. The molecule has 3 aliphatic heterocycles. The van der Waals surface area contributed by atoms with E-state index in [0.717, 1.165) is 69.7 Å². The minimum atomic E-state index is 0.211. The normalized spacial score (nSPS) is 26.0. The van der Waals surface area contributed by atoms with Gasteiger partial charge in [0, 0.05) is 38.6 Å². The molecule has 3 aliphatic rings. The number of nitrogens with zero attached hydrogens (tertiary/aromatic N) is 2. The van der Waals surface area contributed by atoms with E-state index in [1.54, 1.807) is 7.11 Å². The van der Waals surface area contributed by atoms with E-state index in [4.69, 9.17) is 4.74 Å². The zero-order valence-electron chi connectivity index (χ0n) is 18.1. The van der Waals surface area contributed by atoms with E-state index in [1.165, 1.54) is 6.42 Å². The highest BCUT2D eigenvalue weighted by molar-refractivity contribution is 5.79. The van der Waals surface area contributed by atoms with E-state index in [2.05, 4.69) is 10.2 Å². The minimum Gasteiger partial charge on any atom is -0.497 e. The quantitative estimate of drug-likeness (QED) is 0.746. The molecule has 3 heterocycles. The van der Waals surface area contributed by atoms with Crippen LogP contribution in [0.2, 0.25) is 0 Å². The van der Waals surface area contributed by atoms with Crippen molar-refractivity contribution in [3.63, 3.8) is 0 Å². The fourth-order valence-electron chi connectivity index (χ4n) is 5.38. The average Bonchev–Trinajstić information content (AvgIpc) is 3.30. The Balaban J connectivity index is 1.27. The number of carbonyl (C=O) groups is 2. The first-order valence-corrected chi connectivity index (χ1v) is 11.5. The number of likely N-dealkylation sites (tertiary alicyclic amines) is 2. The summed E-state index contributed by atoms with van der Waals surface area (Å²) in [7, 11) is 1.65. The van der Waals surface area contributed by atoms with Crippen molar-refractivity contribution in [1.82, 2.24) is 15.1 Å². The Bertz CT molecular complexity index is 747. The van der Waals surface area contributed by atoms with Crippen LogP contribution < -0.4 is 10.1 Å². The van der Waals surface area contributed by atoms with E-state index < -0.39 is 0 Å². The highest BCUT2D eigenvalue weighted by Gasteiger charge is 2.37. The van der Waals surface area contributed by atoms with Crippen LogP contribution >= 0.6 is 0 Å². The first-order chi connectivity index (χ1) is 14.6. The fraction of sp³-hybridized carbons (Fsp3) is 0.667. The number of ether oxygens (including phenoxy) is 1. The van der Waals surface area contributed by atoms with Crippen molar-refractivity contribution >= 4 is 11.8 Å². The van der Waals surface area contributed by atoms with Crippen LogP contribution in [-0.2, 0) is 16.0 Å². The Hall–Kier alpha value is -2.08. The topological polar surface area (TPSA) is 61.9 Å². The van der Waals surface area contributed by atoms with Crippen LogP contribution in [0.15, 0.2) is 24.3 Å². The molecule has 3 saturated heterocycles. The average molecular weight is 414 g/mol. The molecule has 1 aromatic rings. The number of hydrogen-bond acceptors (Lipinski definition) is 4. The molecule has 6 heteroatoms. The molecule has 1 N–H and O–H groups in total. The van der Waals surface area contributed by atoms with Gasteiger partial charge in [-0.3, -0.25) is 9.59 Å². The highest BCUT2D eigenvalue weighted by atomic mass is 16.5. The number of methoxy groups -OCH3 is 1. The molecule has 1 aromatic carbocycles. The van der Waals surface area contributed by atoms with Crippen molar-refractivity contribution in [3.05, 3.63) is 29.8 Å². The van der Waals surface area contributed by atoms with Gasteiger partial charge in [0.15, 0.2) is 0 Å². The second kappa shape index (κ2) is 9.82. The highest BCUT2D eigenvalue weighted by Crippen LogP contribution is 2.31. The van der Waals surface area contributed by atoms with Crippen LogP contribution in [0.1, 0.15) is 44.1 Å². The smallest absolute Gasteiger partial charge is 0.227 e. The van der Waals surface area contributed by atoms with E-state index in [-0.39, 0.29) is 5.91 Å². The van der Waals surface area contributed by atoms with Crippen molar-refractivity contribution in [2.24, 2.45) is 11.8 Å². The third-order valence-corrected chi connectivity index (χ3v) is 7.01. The van der Waals surface area contributed by atoms with Gasteiger partial charge < -0.3 is 19.9 Å². The first kappa shape index (κ1) is 21.2. The second-order valence-corrected chi connectivity index (χ2v) is 9.18. The number of nitrogens with one attached hydrogen (secondary N) is 1. The zero-order chi connectivity index (χ0) is 20.9. The van der Waals surface area contributed by atoms with Gasteiger partial charge in [0.05, 0.1) is 13.5 Å².